The lowest BCUT2D eigenvalue weighted by Gasteiger charge is -2.19. The third kappa shape index (κ3) is 4.37. The van der Waals surface area contributed by atoms with Crippen LogP contribution in [0.4, 0.5) is 0 Å². The summed E-state index contributed by atoms with van der Waals surface area (Å²) in [5.74, 6) is 0.612. The number of benzene rings is 1. The van der Waals surface area contributed by atoms with Gasteiger partial charge in [-0.3, -0.25) is 0 Å². The van der Waals surface area contributed by atoms with Crippen molar-refractivity contribution in [2.24, 2.45) is 10.7 Å². The molecule has 0 radical (unpaired) electrons. The molecular weight excluding hydrogens is 226 g/mol. The standard InChI is InChI=1S/C14H23N3O/c1-4-17(5-2)14(15)16-10-12-6-8-13(9-7-12)11-18-3/h6-9H,4-5,10-11H2,1-3H3,(H2,15,16). The minimum atomic E-state index is 0.612. The summed E-state index contributed by atoms with van der Waals surface area (Å²) in [6.45, 7) is 7.19. The van der Waals surface area contributed by atoms with Gasteiger partial charge in [-0.1, -0.05) is 24.3 Å². The Labute approximate surface area is 109 Å². The second-order valence-corrected chi connectivity index (χ2v) is 4.10. The van der Waals surface area contributed by atoms with Crippen LogP contribution >= 0.6 is 0 Å². The summed E-state index contributed by atoms with van der Waals surface area (Å²) < 4.78 is 5.07. The molecular formula is C14H23N3O. The van der Waals surface area contributed by atoms with Crippen LogP contribution in [-0.2, 0) is 17.9 Å². The molecule has 4 nitrogen and oxygen atoms in total. The molecule has 0 aromatic heterocycles. The van der Waals surface area contributed by atoms with Crippen molar-refractivity contribution < 1.29 is 4.74 Å². The average Bonchev–Trinajstić information content (AvgIpc) is 2.40. The summed E-state index contributed by atoms with van der Waals surface area (Å²) in [4.78, 5) is 6.44. The van der Waals surface area contributed by atoms with Gasteiger partial charge in [0.15, 0.2) is 5.96 Å². The van der Waals surface area contributed by atoms with E-state index in [-0.39, 0.29) is 0 Å². The van der Waals surface area contributed by atoms with E-state index in [1.165, 1.54) is 5.56 Å². The molecule has 18 heavy (non-hydrogen) atoms. The maximum Gasteiger partial charge on any atom is 0.191 e. The lowest BCUT2D eigenvalue weighted by Crippen LogP contribution is -2.37. The van der Waals surface area contributed by atoms with Crippen LogP contribution in [-0.4, -0.2) is 31.1 Å². The number of rotatable bonds is 6. The van der Waals surface area contributed by atoms with E-state index in [9.17, 15) is 0 Å². The summed E-state index contributed by atoms with van der Waals surface area (Å²) >= 11 is 0. The first-order valence-electron chi connectivity index (χ1n) is 6.32. The van der Waals surface area contributed by atoms with Gasteiger partial charge >= 0.3 is 0 Å². The van der Waals surface area contributed by atoms with E-state index in [0.717, 1.165) is 18.7 Å². The Balaban J connectivity index is 2.59. The van der Waals surface area contributed by atoms with Crippen molar-refractivity contribution in [2.45, 2.75) is 27.0 Å². The predicted molar refractivity (Wildman–Crippen MR) is 75.4 cm³/mol. The van der Waals surface area contributed by atoms with Crippen LogP contribution in [0.2, 0.25) is 0 Å². The molecule has 1 aromatic rings. The van der Waals surface area contributed by atoms with E-state index in [4.69, 9.17) is 10.5 Å². The van der Waals surface area contributed by atoms with Crippen molar-refractivity contribution >= 4 is 5.96 Å². The largest absolute Gasteiger partial charge is 0.380 e. The summed E-state index contributed by atoms with van der Waals surface area (Å²) in [6, 6.07) is 8.24. The molecule has 0 heterocycles. The smallest absolute Gasteiger partial charge is 0.191 e. The minimum Gasteiger partial charge on any atom is -0.380 e. The SMILES string of the molecule is CCN(CC)C(N)=NCc1ccc(COC)cc1. The number of guanidine groups is 1. The molecule has 0 aliphatic heterocycles. The summed E-state index contributed by atoms with van der Waals surface area (Å²) in [5, 5.41) is 0. The molecule has 0 unspecified atom stereocenters. The number of hydrogen-bond acceptors (Lipinski definition) is 2. The lowest BCUT2D eigenvalue weighted by atomic mass is 10.1. The van der Waals surface area contributed by atoms with Crippen molar-refractivity contribution in [1.29, 1.82) is 0 Å². The first-order valence-corrected chi connectivity index (χ1v) is 6.32. The molecule has 0 aliphatic rings. The fraction of sp³-hybridized carbons (Fsp3) is 0.500. The highest BCUT2D eigenvalue weighted by molar-refractivity contribution is 5.77. The van der Waals surface area contributed by atoms with E-state index >= 15 is 0 Å². The fourth-order valence-electron chi connectivity index (χ4n) is 1.73. The van der Waals surface area contributed by atoms with Gasteiger partial charge in [-0.15, -0.1) is 0 Å². The van der Waals surface area contributed by atoms with Crippen molar-refractivity contribution in [3.05, 3.63) is 35.4 Å². The molecule has 0 atom stereocenters. The molecule has 0 saturated heterocycles. The van der Waals surface area contributed by atoms with Gasteiger partial charge in [-0.05, 0) is 25.0 Å². The van der Waals surface area contributed by atoms with Crippen LogP contribution in [0.5, 0.6) is 0 Å². The second-order valence-electron chi connectivity index (χ2n) is 4.10. The van der Waals surface area contributed by atoms with Crippen molar-refractivity contribution in [2.75, 3.05) is 20.2 Å². The number of methoxy groups -OCH3 is 1. The van der Waals surface area contributed by atoms with Crippen LogP contribution in [0.15, 0.2) is 29.3 Å². The molecule has 1 rings (SSSR count). The van der Waals surface area contributed by atoms with Crippen LogP contribution in [0.3, 0.4) is 0 Å². The number of hydrogen-bond donors (Lipinski definition) is 1. The van der Waals surface area contributed by atoms with E-state index in [1.807, 2.05) is 4.90 Å². The third-order valence-corrected chi connectivity index (χ3v) is 2.85. The van der Waals surface area contributed by atoms with Crippen molar-refractivity contribution in [3.8, 4) is 0 Å². The predicted octanol–water partition coefficient (Wildman–Crippen LogP) is 1.99. The molecule has 4 heteroatoms. The van der Waals surface area contributed by atoms with Gasteiger partial charge in [-0.2, -0.15) is 0 Å². The molecule has 100 valence electrons. The third-order valence-electron chi connectivity index (χ3n) is 2.85. The Morgan fingerprint density at radius 2 is 1.72 bits per heavy atom. The number of aliphatic imine (C=N–C) groups is 1. The van der Waals surface area contributed by atoms with E-state index < -0.39 is 0 Å². The van der Waals surface area contributed by atoms with Gasteiger partial charge in [0.05, 0.1) is 13.2 Å². The summed E-state index contributed by atoms with van der Waals surface area (Å²) in [7, 11) is 1.70. The Morgan fingerprint density at radius 1 is 1.17 bits per heavy atom. The van der Waals surface area contributed by atoms with Crippen LogP contribution in [0, 0.1) is 0 Å². The van der Waals surface area contributed by atoms with Gasteiger partial charge in [0.1, 0.15) is 0 Å². The average molecular weight is 249 g/mol. The number of nitrogens with zero attached hydrogens (tertiary/aromatic N) is 2. The van der Waals surface area contributed by atoms with E-state index in [2.05, 4.69) is 43.1 Å². The number of ether oxygens (including phenoxy) is 1. The Kier molecular flexibility index (Phi) is 6.22. The molecule has 1 aromatic carbocycles. The van der Waals surface area contributed by atoms with Gasteiger partial charge in [0.2, 0.25) is 0 Å². The van der Waals surface area contributed by atoms with E-state index in [1.54, 1.807) is 7.11 Å². The van der Waals surface area contributed by atoms with E-state index in [0.29, 0.717) is 19.1 Å². The maximum atomic E-state index is 5.92. The Hall–Kier alpha value is -1.55. The van der Waals surface area contributed by atoms with Gasteiger partial charge < -0.3 is 15.4 Å². The Morgan fingerprint density at radius 3 is 2.22 bits per heavy atom. The second kappa shape index (κ2) is 7.71. The summed E-state index contributed by atoms with van der Waals surface area (Å²) in [5.41, 5.74) is 8.25. The fourth-order valence-corrected chi connectivity index (χ4v) is 1.73. The molecule has 2 N–H and O–H groups in total. The normalized spacial score (nSPS) is 11.6. The first-order chi connectivity index (χ1) is 8.71. The molecule has 0 fully saturated rings. The molecule has 0 amide bonds. The van der Waals surface area contributed by atoms with Crippen LogP contribution in [0.25, 0.3) is 0 Å². The lowest BCUT2D eigenvalue weighted by molar-refractivity contribution is 0.185. The van der Waals surface area contributed by atoms with Gasteiger partial charge in [0, 0.05) is 20.2 Å². The zero-order valence-electron chi connectivity index (χ0n) is 11.5. The topological polar surface area (TPSA) is 50.8 Å². The summed E-state index contributed by atoms with van der Waals surface area (Å²) in [6.07, 6.45) is 0. The Bertz CT molecular complexity index is 369. The molecule has 0 saturated carbocycles. The highest BCUT2D eigenvalue weighted by Crippen LogP contribution is 2.06. The zero-order valence-corrected chi connectivity index (χ0v) is 11.5. The van der Waals surface area contributed by atoms with Gasteiger partial charge in [0.25, 0.3) is 0 Å². The quantitative estimate of drug-likeness (QED) is 0.619. The molecule has 0 bridgehead atoms. The molecule has 0 spiro atoms. The minimum absolute atomic E-state index is 0.612. The highest BCUT2D eigenvalue weighted by atomic mass is 16.5. The van der Waals surface area contributed by atoms with Crippen molar-refractivity contribution in [3.63, 3.8) is 0 Å². The van der Waals surface area contributed by atoms with Gasteiger partial charge in [-0.25, -0.2) is 4.99 Å². The van der Waals surface area contributed by atoms with Crippen LogP contribution < -0.4 is 5.73 Å². The highest BCUT2D eigenvalue weighted by Gasteiger charge is 2.01. The first kappa shape index (κ1) is 14.5. The molecule has 0 aliphatic carbocycles. The van der Waals surface area contributed by atoms with Crippen LogP contribution in [0.1, 0.15) is 25.0 Å². The number of nitrogens with two attached hydrogens (primary N) is 1. The monoisotopic (exact) mass is 249 g/mol. The maximum absolute atomic E-state index is 5.92. The zero-order chi connectivity index (χ0) is 13.4. The van der Waals surface area contributed by atoms with Crippen molar-refractivity contribution in [1.82, 2.24) is 4.90 Å².